The van der Waals surface area contributed by atoms with Gasteiger partial charge in [0, 0.05) is 5.41 Å². The summed E-state index contributed by atoms with van der Waals surface area (Å²) in [5, 5.41) is 31.0. The van der Waals surface area contributed by atoms with Crippen molar-refractivity contribution >= 4 is 5.97 Å². The monoisotopic (exact) mass is 364 g/mol. The van der Waals surface area contributed by atoms with E-state index in [2.05, 4.69) is 13.8 Å². The molecule has 0 radical (unpaired) electrons. The second kappa shape index (κ2) is 6.20. The van der Waals surface area contributed by atoms with E-state index in [9.17, 15) is 20.1 Å². The van der Waals surface area contributed by atoms with Gasteiger partial charge in [-0.05, 0) is 86.4 Å². The molecular weight excluding hydrogens is 328 g/mol. The van der Waals surface area contributed by atoms with Crippen LogP contribution in [0.5, 0.6) is 0 Å². The van der Waals surface area contributed by atoms with E-state index >= 15 is 0 Å². The Balaban J connectivity index is 1.64. The molecule has 0 bridgehead atoms. The highest BCUT2D eigenvalue weighted by molar-refractivity contribution is 5.70. The first kappa shape index (κ1) is 18.7. The van der Waals surface area contributed by atoms with Crippen LogP contribution < -0.4 is 0 Å². The van der Waals surface area contributed by atoms with Crippen molar-refractivity contribution in [2.75, 3.05) is 0 Å². The van der Waals surface area contributed by atoms with Gasteiger partial charge in [0.15, 0.2) is 0 Å². The van der Waals surface area contributed by atoms with Crippen LogP contribution in [0, 0.1) is 46.3 Å². The summed E-state index contributed by atoms with van der Waals surface area (Å²) < 4.78 is 0. The van der Waals surface area contributed by atoms with Crippen LogP contribution in [-0.4, -0.2) is 33.5 Å². The molecule has 4 heteroatoms. The lowest BCUT2D eigenvalue weighted by Gasteiger charge is -2.62. The summed E-state index contributed by atoms with van der Waals surface area (Å²) in [5.74, 6) is 1.16. The minimum absolute atomic E-state index is 0.0830. The second-order valence-electron chi connectivity index (χ2n) is 10.5. The molecule has 4 saturated carbocycles. The summed E-state index contributed by atoms with van der Waals surface area (Å²) in [6, 6.07) is 0. The van der Waals surface area contributed by atoms with Crippen LogP contribution in [0.4, 0.5) is 0 Å². The summed E-state index contributed by atoms with van der Waals surface area (Å²) in [6.07, 6.45) is 7.57. The van der Waals surface area contributed by atoms with Crippen molar-refractivity contribution in [1.29, 1.82) is 0 Å². The van der Waals surface area contributed by atoms with Gasteiger partial charge in [0.2, 0.25) is 0 Å². The van der Waals surface area contributed by atoms with Crippen LogP contribution in [-0.2, 0) is 4.79 Å². The molecule has 26 heavy (non-hydrogen) atoms. The van der Waals surface area contributed by atoms with Gasteiger partial charge >= 0.3 is 5.97 Å². The molecule has 10 atom stereocenters. The molecule has 0 aromatic heterocycles. The minimum Gasteiger partial charge on any atom is -0.481 e. The Hall–Kier alpha value is -0.610. The molecule has 4 rings (SSSR count). The van der Waals surface area contributed by atoms with Crippen LogP contribution in [0.25, 0.3) is 0 Å². The second-order valence-corrected chi connectivity index (χ2v) is 10.5. The van der Waals surface area contributed by atoms with Crippen molar-refractivity contribution < 1.29 is 20.1 Å². The summed E-state index contributed by atoms with van der Waals surface area (Å²) in [6.45, 7) is 6.44. The predicted octanol–water partition coefficient (Wildman–Crippen LogP) is 3.70. The number of rotatable bonds is 2. The van der Waals surface area contributed by atoms with E-state index in [1.54, 1.807) is 0 Å². The quantitative estimate of drug-likeness (QED) is 0.698. The molecular formula is C22H36O4. The number of aliphatic carboxylic acids is 1. The van der Waals surface area contributed by atoms with E-state index < -0.39 is 12.1 Å². The first-order valence-electron chi connectivity index (χ1n) is 10.8. The number of hydrogen-bond donors (Lipinski definition) is 3. The van der Waals surface area contributed by atoms with Gasteiger partial charge in [0.05, 0.1) is 18.1 Å². The molecule has 0 aromatic rings. The van der Waals surface area contributed by atoms with E-state index in [0.29, 0.717) is 23.7 Å². The van der Waals surface area contributed by atoms with Gasteiger partial charge in [0.25, 0.3) is 0 Å². The summed E-state index contributed by atoms with van der Waals surface area (Å²) >= 11 is 0. The van der Waals surface area contributed by atoms with Gasteiger partial charge in [-0.3, -0.25) is 4.79 Å². The summed E-state index contributed by atoms with van der Waals surface area (Å²) in [4.78, 5) is 11.7. The lowest BCUT2D eigenvalue weighted by Crippen LogP contribution is -2.59. The Morgan fingerprint density at radius 1 is 1.00 bits per heavy atom. The molecule has 4 aliphatic carbocycles. The SMILES string of the molecule is C[C@H](C(=O)O)[C@@H]1CC[C@@H]2[C@H]3CC[C@H]4C[C@@H](O)CC[C@]4(C)[C@@H]3C[C@@H](O)[C@@]21C. The number of aliphatic hydroxyl groups is 2. The van der Waals surface area contributed by atoms with Crippen LogP contribution in [0.1, 0.15) is 72.1 Å². The Labute approximate surface area is 157 Å². The highest BCUT2D eigenvalue weighted by atomic mass is 16.4. The molecule has 4 nitrogen and oxygen atoms in total. The van der Waals surface area contributed by atoms with Crippen molar-refractivity contribution in [2.45, 2.75) is 84.3 Å². The molecule has 3 N–H and O–H groups in total. The summed E-state index contributed by atoms with van der Waals surface area (Å²) in [7, 11) is 0. The van der Waals surface area contributed by atoms with Gasteiger partial charge < -0.3 is 15.3 Å². The third-order valence-corrected chi connectivity index (χ3v) is 9.81. The Kier molecular flexibility index (Phi) is 4.47. The number of carboxylic acid groups (broad SMARTS) is 1. The van der Waals surface area contributed by atoms with Crippen molar-refractivity contribution in [1.82, 2.24) is 0 Å². The molecule has 0 spiro atoms. The topological polar surface area (TPSA) is 77.8 Å². The minimum atomic E-state index is -0.719. The Morgan fingerprint density at radius 2 is 1.73 bits per heavy atom. The van der Waals surface area contributed by atoms with Crippen LogP contribution >= 0.6 is 0 Å². The first-order valence-corrected chi connectivity index (χ1v) is 10.8. The van der Waals surface area contributed by atoms with Gasteiger partial charge in [-0.25, -0.2) is 0 Å². The zero-order chi connectivity index (χ0) is 18.9. The maximum atomic E-state index is 11.7. The van der Waals surface area contributed by atoms with Gasteiger partial charge in [-0.2, -0.15) is 0 Å². The summed E-state index contributed by atoms with van der Waals surface area (Å²) in [5.41, 5.74) is -0.0166. The molecule has 0 aromatic carbocycles. The van der Waals surface area contributed by atoms with E-state index in [4.69, 9.17) is 0 Å². The number of fused-ring (bicyclic) bond motifs is 5. The number of carbonyl (C=O) groups is 1. The highest BCUT2D eigenvalue weighted by Gasteiger charge is 2.64. The average Bonchev–Trinajstić information content (AvgIpc) is 2.94. The Bertz CT molecular complexity index is 576. The smallest absolute Gasteiger partial charge is 0.306 e. The van der Waals surface area contributed by atoms with Gasteiger partial charge in [-0.1, -0.05) is 20.8 Å². The van der Waals surface area contributed by atoms with E-state index in [0.717, 1.165) is 38.5 Å². The maximum Gasteiger partial charge on any atom is 0.306 e. The van der Waals surface area contributed by atoms with E-state index in [-0.39, 0.29) is 28.8 Å². The van der Waals surface area contributed by atoms with Crippen molar-refractivity contribution in [3.05, 3.63) is 0 Å². The van der Waals surface area contributed by atoms with Crippen LogP contribution in [0.3, 0.4) is 0 Å². The van der Waals surface area contributed by atoms with Crippen molar-refractivity contribution in [3.63, 3.8) is 0 Å². The lowest BCUT2D eigenvalue weighted by molar-refractivity contribution is -0.178. The van der Waals surface area contributed by atoms with E-state index in [1.165, 1.54) is 12.8 Å². The molecule has 148 valence electrons. The molecule has 4 aliphatic rings. The molecule has 0 heterocycles. The molecule has 0 aliphatic heterocycles. The fourth-order valence-electron chi connectivity index (χ4n) is 8.22. The van der Waals surface area contributed by atoms with Crippen LogP contribution in [0.2, 0.25) is 0 Å². The third kappa shape index (κ3) is 2.44. The molecule has 4 fully saturated rings. The highest BCUT2D eigenvalue weighted by Crippen LogP contribution is 2.68. The first-order chi connectivity index (χ1) is 12.2. The fourth-order valence-corrected chi connectivity index (χ4v) is 8.22. The van der Waals surface area contributed by atoms with Crippen molar-refractivity contribution in [2.24, 2.45) is 46.3 Å². The van der Waals surface area contributed by atoms with Crippen molar-refractivity contribution in [3.8, 4) is 0 Å². The maximum absolute atomic E-state index is 11.7. The van der Waals surface area contributed by atoms with Gasteiger partial charge in [-0.15, -0.1) is 0 Å². The third-order valence-electron chi connectivity index (χ3n) is 9.81. The number of carboxylic acids is 1. The lowest BCUT2D eigenvalue weighted by atomic mass is 9.43. The van der Waals surface area contributed by atoms with E-state index in [1.807, 2.05) is 6.92 Å². The zero-order valence-corrected chi connectivity index (χ0v) is 16.5. The van der Waals surface area contributed by atoms with Crippen LogP contribution in [0.15, 0.2) is 0 Å². The predicted molar refractivity (Wildman–Crippen MR) is 99.4 cm³/mol. The Morgan fingerprint density at radius 3 is 2.42 bits per heavy atom. The fraction of sp³-hybridized carbons (Fsp3) is 0.955. The molecule has 0 unspecified atom stereocenters. The molecule has 0 saturated heterocycles. The standard InChI is InChI=1S/C22H36O4/c1-12(20(25)26)16-6-7-17-15-5-4-13-10-14(23)8-9-21(13,2)18(15)11-19(24)22(16,17)3/h12-19,23-24H,4-11H2,1-3H3,(H,25,26)/t12-,13-,14-,15+,16-,17+,18+,19+,21-,22+/m0/s1. The largest absolute Gasteiger partial charge is 0.481 e. The number of hydrogen-bond acceptors (Lipinski definition) is 3. The molecule has 0 amide bonds. The number of aliphatic hydroxyl groups excluding tert-OH is 2. The average molecular weight is 365 g/mol. The normalized spacial score (nSPS) is 54.7. The zero-order valence-electron chi connectivity index (χ0n) is 16.5. The van der Waals surface area contributed by atoms with Gasteiger partial charge in [0.1, 0.15) is 0 Å².